The molecule has 0 radical (unpaired) electrons. The average molecular weight is 530 g/mol. The van der Waals surface area contributed by atoms with Crippen molar-refractivity contribution in [3.05, 3.63) is 59.7 Å². The van der Waals surface area contributed by atoms with E-state index in [2.05, 4.69) is 15.4 Å². The normalized spacial score (nSPS) is 18.6. The summed E-state index contributed by atoms with van der Waals surface area (Å²) in [7, 11) is -2.21. The van der Waals surface area contributed by atoms with Gasteiger partial charge in [-0.2, -0.15) is 0 Å². The Balaban J connectivity index is 0.00000272. The minimum atomic E-state index is -4.85. The SMILES string of the molecule is CN(c1ccc(OC(F)(F)F)c(CN[C@@H]2CCCN[C@@H]2c2ccccc2)c1)S(C)(=O)=O.Cl.Cl. The van der Waals surface area contributed by atoms with E-state index in [0.717, 1.165) is 41.6 Å². The highest BCUT2D eigenvalue weighted by Gasteiger charge is 2.33. The molecule has 3 rings (SSSR count). The van der Waals surface area contributed by atoms with Crippen molar-refractivity contribution in [1.29, 1.82) is 0 Å². The molecule has 186 valence electrons. The van der Waals surface area contributed by atoms with Crippen LogP contribution in [0.2, 0.25) is 0 Å². The van der Waals surface area contributed by atoms with Crippen LogP contribution in [0.15, 0.2) is 48.5 Å². The number of alkyl halides is 3. The summed E-state index contributed by atoms with van der Waals surface area (Å²) in [5, 5.41) is 6.80. The molecule has 0 saturated carbocycles. The number of sulfonamides is 1. The third kappa shape index (κ3) is 8.22. The fraction of sp³-hybridized carbons (Fsp3) is 0.429. The summed E-state index contributed by atoms with van der Waals surface area (Å²) >= 11 is 0. The first kappa shape index (κ1) is 29.3. The quantitative estimate of drug-likeness (QED) is 0.555. The highest BCUT2D eigenvalue weighted by atomic mass is 35.5. The molecule has 2 aromatic carbocycles. The zero-order valence-electron chi connectivity index (χ0n) is 18.1. The van der Waals surface area contributed by atoms with Gasteiger partial charge in [0.1, 0.15) is 5.75 Å². The molecule has 12 heteroatoms. The van der Waals surface area contributed by atoms with E-state index < -0.39 is 16.4 Å². The number of ether oxygens (including phenoxy) is 1. The lowest BCUT2D eigenvalue weighted by atomic mass is 9.92. The van der Waals surface area contributed by atoms with E-state index in [9.17, 15) is 21.6 Å². The third-order valence-corrected chi connectivity index (χ3v) is 6.51. The van der Waals surface area contributed by atoms with Crippen LogP contribution >= 0.6 is 24.8 Å². The number of anilines is 1. The van der Waals surface area contributed by atoms with Gasteiger partial charge < -0.3 is 15.4 Å². The Morgan fingerprint density at radius 3 is 2.42 bits per heavy atom. The van der Waals surface area contributed by atoms with E-state index in [1.165, 1.54) is 19.2 Å². The van der Waals surface area contributed by atoms with Gasteiger partial charge in [0.2, 0.25) is 10.0 Å². The van der Waals surface area contributed by atoms with Gasteiger partial charge in [-0.05, 0) is 43.1 Å². The number of hydrogen-bond donors (Lipinski definition) is 2. The molecule has 1 fully saturated rings. The number of nitrogens with zero attached hydrogens (tertiary/aromatic N) is 1. The van der Waals surface area contributed by atoms with Gasteiger partial charge in [0.05, 0.1) is 11.9 Å². The van der Waals surface area contributed by atoms with Crippen LogP contribution in [-0.4, -0.2) is 40.7 Å². The van der Waals surface area contributed by atoms with Gasteiger partial charge in [-0.25, -0.2) is 8.42 Å². The maximum atomic E-state index is 12.9. The van der Waals surface area contributed by atoms with E-state index in [4.69, 9.17) is 0 Å². The zero-order valence-corrected chi connectivity index (χ0v) is 20.6. The third-order valence-electron chi connectivity index (χ3n) is 5.30. The molecule has 0 spiro atoms. The lowest BCUT2D eigenvalue weighted by Gasteiger charge is -2.34. The van der Waals surface area contributed by atoms with Crippen molar-refractivity contribution >= 4 is 40.5 Å². The summed E-state index contributed by atoms with van der Waals surface area (Å²) in [6.45, 7) is 0.946. The van der Waals surface area contributed by atoms with Crippen molar-refractivity contribution in [2.75, 3.05) is 24.2 Å². The number of rotatable bonds is 7. The van der Waals surface area contributed by atoms with Crippen LogP contribution in [0.4, 0.5) is 18.9 Å². The molecule has 2 atom stereocenters. The van der Waals surface area contributed by atoms with Gasteiger partial charge in [-0.1, -0.05) is 30.3 Å². The van der Waals surface area contributed by atoms with Gasteiger partial charge >= 0.3 is 6.36 Å². The second kappa shape index (κ2) is 12.1. The van der Waals surface area contributed by atoms with E-state index in [1.54, 1.807) is 0 Å². The molecule has 33 heavy (non-hydrogen) atoms. The molecule has 1 aliphatic heterocycles. The topological polar surface area (TPSA) is 70.7 Å². The molecule has 1 aliphatic rings. The van der Waals surface area contributed by atoms with Crippen molar-refractivity contribution in [2.24, 2.45) is 0 Å². The van der Waals surface area contributed by atoms with Gasteiger partial charge in [0, 0.05) is 31.2 Å². The van der Waals surface area contributed by atoms with Gasteiger partial charge in [0.15, 0.2) is 0 Å². The molecule has 0 unspecified atom stereocenters. The standard InChI is InChI=1S/C21H26F3N3O3S.2ClH/c1-27(31(2,28)29)17-10-11-19(30-21(22,23)24)16(13-17)14-26-18-9-6-12-25-20(18)15-7-4-3-5-8-15;;/h3-5,7-8,10-11,13,18,20,25-26H,6,9,12,14H2,1-2H3;2*1H/t18-,20-;;/m1../s1. The first-order valence-electron chi connectivity index (χ1n) is 9.89. The Morgan fingerprint density at radius 2 is 1.82 bits per heavy atom. The maximum absolute atomic E-state index is 12.9. The molecule has 0 amide bonds. The molecule has 0 bridgehead atoms. The molecule has 2 aromatic rings. The summed E-state index contributed by atoms with van der Waals surface area (Å²) in [5.74, 6) is -0.356. The van der Waals surface area contributed by atoms with Crippen LogP contribution in [0.3, 0.4) is 0 Å². The lowest BCUT2D eigenvalue weighted by Crippen LogP contribution is -2.45. The number of piperidine rings is 1. The van der Waals surface area contributed by atoms with E-state index in [1.807, 2.05) is 30.3 Å². The summed E-state index contributed by atoms with van der Waals surface area (Å²) in [6.07, 6.45) is -2.03. The number of benzene rings is 2. The second-order valence-corrected chi connectivity index (χ2v) is 9.56. The Kier molecular flexibility index (Phi) is 10.8. The molecule has 1 heterocycles. The van der Waals surface area contributed by atoms with Crippen LogP contribution in [0, 0.1) is 0 Å². The zero-order chi connectivity index (χ0) is 22.6. The molecular weight excluding hydrogens is 502 g/mol. The number of hydrogen-bond acceptors (Lipinski definition) is 5. The van der Waals surface area contributed by atoms with Gasteiger partial charge in [-0.3, -0.25) is 4.31 Å². The molecule has 2 N–H and O–H groups in total. The van der Waals surface area contributed by atoms with Crippen molar-refractivity contribution < 1.29 is 26.3 Å². The largest absolute Gasteiger partial charge is 0.573 e. The first-order chi connectivity index (χ1) is 14.5. The van der Waals surface area contributed by atoms with Crippen LogP contribution in [0.25, 0.3) is 0 Å². The summed E-state index contributed by atoms with van der Waals surface area (Å²) in [5.41, 5.74) is 1.58. The van der Waals surface area contributed by atoms with Crippen LogP contribution < -0.4 is 19.7 Å². The molecular formula is C21H28Cl2F3N3O3S. The van der Waals surface area contributed by atoms with Crippen molar-refractivity contribution in [3.63, 3.8) is 0 Å². The summed E-state index contributed by atoms with van der Waals surface area (Å²) in [4.78, 5) is 0. The molecule has 1 saturated heterocycles. The second-order valence-electron chi connectivity index (χ2n) is 7.54. The van der Waals surface area contributed by atoms with E-state index in [-0.39, 0.29) is 60.4 Å². The average Bonchev–Trinajstić information content (AvgIpc) is 2.71. The predicted octanol–water partition coefficient (Wildman–Crippen LogP) is 4.41. The predicted molar refractivity (Wildman–Crippen MR) is 128 cm³/mol. The molecule has 0 aromatic heterocycles. The van der Waals surface area contributed by atoms with Gasteiger partial charge in [-0.15, -0.1) is 38.0 Å². The maximum Gasteiger partial charge on any atom is 0.573 e. The summed E-state index contributed by atoms with van der Waals surface area (Å²) < 4.78 is 67.6. The van der Waals surface area contributed by atoms with Crippen LogP contribution in [-0.2, 0) is 16.6 Å². The smallest absolute Gasteiger partial charge is 0.405 e. The van der Waals surface area contributed by atoms with E-state index in [0.29, 0.717) is 0 Å². The van der Waals surface area contributed by atoms with Crippen molar-refractivity contribution in [1.82, 2.24) is 10.6 Å². The molecule has 0 aliphatic carbocycles. The van der Waals surface area contributed by atoms with Crippen molar-refractivity contribution in [3.8, 4) is 5.75 Å². The Labute approximate surface area is 204 Å². The first-order valence-corrected chi connectivity index (χ1v) is 11.7. The Morgan fingerprint density at radius 1 is 1.15 bits per heavy atom. The van der Waals surface area contributed by atoms with Crippen molar-refractivity contribution in [2.45, 2.75) is 37.8 Å². The summed E-state index contributed by atoms with van der Waals surface area (Å²) in [6, 6.07) is 13.7. The number of halogens is 5. The molecule has 6 nitrogen and oxygen atoms in total. The lowest BCUT2D eigenvalue weighted by molar-refractivity contribution is -0.274. The van der Waals surface area contributed by atoms with Crippen LogP contribution in [0.5, 0.6) is 5.75 Å². The Hall–Kier alpha value is -1.72. The number of nitrogens with one attached hydrogen (secondary N) is 2. The van der Waals surface area contributed by atoms with Crippen LogP contribution in [0.1, 0.15) is 30.0 Å². The minimum Gasteiger partial charge on any atom is -0.405 e. The minimum absolute atomic E-state index is 0. The monoisotopic (exact) mass is 529 g/mol. The van der Waals surface area contributed by atoms with E-state index >= 15 is 0 Å². The highest BCUT2D eigenvalue weighted by molar-refractivity contribution is 7.92. The fourth-order valence-electron chi connectivity index (χ4n) is 3.68. The Bertz CT molecular complexity index is 995. The fourth-order valence-corrected chi connectivity index (χ4v) is 4.17. The highest BCUT2D eigenvalue weighted by Crippen LogP contribution is 2.31. The van der Waals surface area contributed by atoms with Gasteiger partial charge in [0.25, 0.3) is 0 Å².